The Morgan fingerprint density at radius 3 is 0.762 bits per heavy atom. The molecule has 34 nitrogen and oxygen atoms in total. The number of carbonyl (C=O) groups is 13. The van der Waals surface area contributed by atoms with E-state index in [1.54, 1.807) is 0 Å². The van der Waals surface area contributed by atoms with Gasteiger partial charge in [-0.15, -0.1) is 0 Å². The number of hydrogen-bond donors (Lipinski definition) is 5. The van der Waals surface area contributed by atoms with Crippen molar-refractivity contribution in [1.29, 1.82) is 0 Å². The van der Waals surface area contributed by atoms with Crippen LogP contribution in [0.15, 0.2) is 0 Å². The molecular weight excluding hydrogens is 1140 g/mol. The lowest BCUT2D eigenvalue weighted by molar-refractivity contribution is -0.362. The van der Waals surface area contributed by atoms with Crippen LogP contribution in [0.4, 0.5) is 0 Å². The molecule has 4 fully saturated rings. The van der Waals surface area contributed by atoms with E-state index in [0.717, 1.165) is 90.0 Å². The smallest absolute Gasteiger partial charge is 0.303 e. The van der Waals surface area contributed by atoms with Crippen molar-refractivity contribution in [2.75, 3.05) is 26.4 Å². The van der Waals surface area contributed by atoms with Crippen molar-refractivity contribution in [1.82, 2.24) is 21.3 Å². The fourth-order valence-electron chi connectivity index (χ4n) is 9.48. The van der Waals surface area contributed by atoms with Gasteiger partial charge in [-0.25, -0.2) is 0 Å². The third-order valence-electron chi connectivity index (χ3n) is 12.3. The summed E-state index contributed by atoms with van der Waals surface area (Å²) in [6.07, 6.45) is -29.0. The summed E-state index contributed by atoms with van der Waals surface area (Å²) < 4.78 is 94.1. The van der Waals surface area contributed by atoms with E-state index in [9.17, 15) is 67.4 Å². The maximum Gasteiger partial charge on any atom is 0.303 e. The number of amides is 4. The lowest BCUT2D eigenvalue weighted by Crippen LogP contribution is -2.72. The van der Waals surface area contributed by atoms with Crippen molar-refractivity contribution >= 4 is 77.4 Å². The lowest BCUT2D eigenvalue weighted by atomic mass is 9.92. The molecule has 4 unspecified atom stereocenters. The van der Waals surface area contributed by atoms with Crippen molar-refractivity contribution in [2.45, 2.75) is 213 Å². The normalized spacial score (nSPS) is 32.7. The molecule has 0 aromatic carbocycles. The molecule has 4 heterocycles. The average Bonchev–Trinajstić information content (AvgIpc) is 2.46. The summed E-state index contributed by atoms with van der Waals surface area (Å²) in [6.45, 7) is 10.0. The minimum atomic E-state index is -2.05. The largest absolute Gasteiger partial charge is 0.463 e. The van der Waals surface area contributed by atoms with Crippen molar-refractivity contribution in [3.05, 3.63) is 0 Å². The molecule has 472 valence electrons. The predicted octanol–water partition coefficient (Wildman–Crippen LogP) is -4.04. The number of esters is 9. The molecule has 0 bridgehead atoms. The highest BCUT2D eigenvalue weighted by atomic mass is 16.8. The standard InChI is InChI=1S/C50H72N4O30/c1-18(55)51-35-43(74-27(10)64)40(31(78-47(35)68)14-69-22(5)59)82-49-37(53-20(3)57)45(76-29(12)66)42(33(80-49)16-71-24(7)61)84-50-38(54-21(4)58)46(77-30(13)67)41(34(81-50)17-72-25(8)62)83-48-36(52-19(2)56)44(75-28(11)65)39(73-26(9)63)32(79-48)15-70-23(6)60/h31-50,68H,14-17H2,1-13H3,(H,51,55)(H,52,56)(H,53,57)(H,54,58)/t31?,32?,33?,34?,35-,36+,37-,38+,39+,40+,41+,42-,43-,44+,45+,46+,47+,48-,49-,50-/m0/s1. The van der Waals surface area contributed by atoms with Gasteiger partial charge in [-0.3, -0.25) is 62.3 Å². The fourth-order valence-corrected chi connectivity index (χ4v) is 9.48. The zero-order valence-corrected chi connectivity index (χ0v) is 48.2. The molecule has 0 aliphatic carbocycles. The first kappa shape index (κ1) is 69.3. The Morgan fingerprint density at radius 2 is 0.512 bits per heavy atom. The first-order valence-corrected chi connectivity index (χ1v) is 26.0. The van der Waals surface area contributed by atoms with Crippen LogP contribution >= 0.6 is 0 Å². The van der Waals surface area contributed by atoms with Gasteiger partial charge in [0.05, 0.1) is 0 Å². The van der Waals surface area contributed by atoms with Gasteiger partial charge >= 0.3 is 53.7 Å². The SMILES string of the molecule is CC(=O)N[C@@H]1[C@H](O[C@@H]2C(COC(C)=O)O[C@@H](O)[C@@H](NC(C)=O)[C@@H]2OC(C)=O)OC(COC(C)=O)[C@H](O[C@@H]2OC(COC(C)=O)[C@@H](O[C@@H]3OC(COC(C)=O)[C@@H](OC(C)=O)[C@H](OC(C)=O)[C@H]3NC(C)=O)[C@H](OC(C)=O)[C@H]2NC(C)=O)[C@@H]1OC(C)=O. The first-order chi connectivity index (χ1) is 39.3. The summed E-state index contributed by atoms with van der Waals surface area (Å²) in [4.78, 5) is 166. The zero-order chi connectivity index (χ0) is 63.0. The molecule has 84 heavy (non-hydrogen) atoms. The lowest BCUT2D eigenvalue weighted by Gasteiger charge is -2.52. The second-order valence-electron chi connectivity index (χ2n) is 19.5. The molecule has 0 saturated carbocycles. The number of aliphatic hydroxyl groups excluding tert-OH is 1. The second-order valence-corrected chi connectivity index (χ2v) is 19.5. The average molecular weight is 1210 g/mol. The summed E-state index contributed by atoms with van der Waals surface area (Å²) in [5.74, 6) is -11.9. The number of carbonyl (C=O) groups excluding carboxylic acids is 13. The molecule has 0 spiro atoms. The van der Waals surface area contributed by atoms with Gasteiger partial charge in [0.15, 0.2) is 55.7 Å². The molecular formula is C50H72N4O30. The van der Waals surface area contributed by atoms with Gasteiger partial charge in [-0.05, 0) is 0 Å². The van der Waals surface area contributed by atoms with Gasteiger partial charge in [0.25, 0.3) is 0 Å². The Bertz CT molecular complexity index is 2430. The van der Waals surface area contributed by atoms with Gasteiger partial charge in [-0.1, -0.05) is 0 Å². The maximum absolute atomic E-state index is 13.4. The van der Waals surface area contributed by atoms with Crippen molar-refractivity contribution in [3.8, 4) is 0 Å². The Balaban J connectivity index is 1.97. The fraction of sp³-hybridized carbons (Fsp3) is 0.740. The highest BCUT2D eigenvalue weighted by Gasteiger charge is 2.60. The molecule has 4 amide bonds. The first-order valence-electron chi connectivity index (χ1n) is 26.0. The van der Waals surface area contributed by atoms with E-state index >= 15 is 0 Å². The third kappa shape index (κ3) is 20.5. The van der Waals surface area contributed by atoms with Gasteiger partial charge in [0, 0.05) is 90.0 Å². The van der Waals surface area contributed by atoms with Gasteiger partial charge in [0.2, 0.25) is 23.6 Å². The number of ether oxygens (including phenoxy) is 16. The maximum atomic E-state index is 13.4. The number of hydrogen-bond acceptors (Lipinski definition) is 30. The summed E-state index contributed by atoms with van der Waals surface area (Å²) in [7, 11) is 0. The zero-order valence-electron chi connectivity index (χ0n) is 48.2. The van der Waals surface area contributed by atoms with Gasteiger partial charge in [0.1, 0.15) is 93.3 Å². The van der Waals surface area contributed by atoms with Crippen molar-refractivity contribution in [3.63, 3.8) is 0 Å². The molecule has 34 heteroatoms. The second kappa shape index (κ2) is 31.6. The van der Waals surface area contributed by atoms with E-state index in [4.69, 9.17) is 75.8 Å². The highest BCUT2D eigenvalue weighted by molar-refractivity contribution is 5.76. The summed E-state index contributed by atoms with van der Waals surface area (Å²) in [5, 5.41) is 21.1. The third-order valence-corrected chi connectivity index (χ3v) is 12.3. The Kier molecular flexibility index (Phi) is 26.1. The quantitative estimate of drug-likeness (QED) is 0.0480. The van der Waals surface area contributed by atoms with Gasteiger partial charge < -0.3 is 102 Å². The van der Waals surface area contributed by atoms with Crippen LogP contribution in [-0.4, -0.2) is 231 Å². The topological polar surface area (TPSA) is 438 Å². The van der Waals surface area contributed by atoms with Crippen molar-refractivity contribution < 1.29 is 143 Å². The van der Waals surface area contributed by atoms with E-state index in [-0.39, 0.29) is 0 Å². The Morgan fingerprint density at radius 1 is 0.298 bits per heavy atom. The molecule has 0 radical (unpaired) electrons. The minimum Gasteiger partial charge on any atom is -0.463 e. The summed E-state index contributed by atoms with van der Waals surface area (Å²) in [6, 6.07) is -6.89. The van der Waals surface area contributed by atoms with Crippen LogP contribution < -0.4 is 21.3 Å². The monoisotopic (exact) mass is 1210 g/mol. The Labute approximate surface area is 480 Å². The molecule has 5 N–H and O–H groups in total. The van der Waals surface area contributed by atoms with Crippen LogP contribution in [0.1, 0.15) is 90.0 Å². The number of aliphatic hydroxyl groups is 1. The molecule has 0 aromatic rings. The molecule has 20 atom stereocenters. The number of rotatable bonds is 23. The van der Waals surface area contributed by atoms with Crippen LogP contribution in [0.3, 0.4) is 0 Å². The molecule has 4 saturated heterocycles. The van der Waals surface area contributed by atoms with E-state index in [0.29, 0.717) is 0 Å². The van der Waals surface area contributed by atoms with Gasteiger partial charge in [-0.2, -0.15) is 0 Å². The summed E-state index contributed by atoms with van der Waals surface area (Å²) in [5.41, 5.74) is 0. The highest BCUT2D eigenvalue weighted by Crippen LogP contribution is 2.38. The van der Waals surface area contributed by atoms with Crippen LogP contribution in [-0.2, 0) is 138 Å². The molecule has 4 aliphatic rings. The molecule has 4 aliphatic heterocycles. The van der Waals surface area contributed by atoms with Crippen LogP contribution in [0.5, 0.6) is 0 Å². The predicted molar refractivity (Wildman–Crippen MR) is 266 cm³/mol. The van der Waals surface area contributed by atoms with Crippen molar-refractivity contribution in [2.24, 2.45) is 0 Å². The number of nitrogens with one attached hydrogen (secondary N) is 4. The van der Waals surface area contributed by atoms with E-state index in [2.05, 4.69) is 21.3 Å². The van der Waals surface area contributed by atoms with Crippen LogP contribution in [0, 0.1) is 0 Å². The summed E-state index contributed by atoms with van der Waals surface area (Å²) >= 11 is 0. The Hall–Kier alpha value is -7.21. The van der Waals surface area contributed by atoms with E-state index < -0.39 is 226 Å². The van der Waals surface area contributed by atoms with Crippen LogP contribution in [0.25, 0.3) is 0 Å². The van der Waals surface area contributed by atoms with E-state index in [1.165, 1.54) is 0 Å². The van der Waals surface area contributed by atoms with Crippen LogP contribution in [0.2, 0.25) is 0 Å². The molecule has 4 rings (SSSR count). The molecule has 0 aromatic heterocycles. The minimum absolute atomic E-state index is 0.697. The van der Waals surface area contributed by atoms with E-state index in [1.807, 2.05) is 0 Å².